The highest BCUT2D eigenvalue weighted by Gasteiger charge is 2.38. The standard InChI is InChI=1S/C13H18N2O2/c1-2-11-3-4-12(17-11)13(16)15-7-9-5-14-6-10(9)8-15/h3-4,9-10,14H,2,5-8H2,1H3. The van der Waals surface area contributed by atoms with Gasteiger partial charge in [-0.1, -0.05) is 6.92 Å². The van der Waals surface area contributed by atoms with Gasteiger partial charge in [0.15, 0.2) is 5.76 Å². The molecule has 2 fully saturated rings. The second-order valence-corrected chi connectivity index (χ2v) is 5.01. The first-order chi connectivity index (χ1) is 8.28. The van der Waals surface area contributed by atoms with Crippen molar-refractivity contribution in [1.29, 1.82) is 0 Å². The molecule has 2 saturated heterocycles. The second kappa shape index (κ2) is 4.18. The molecule has 0 bridgehead atoms. The number of likely N-dealkylation sites (tertiary alicyclic amines) is 1. The summed E-state index contributed by atoms with van der Waals surface area (Å²) in [5.74, 6) is 2.71. The van der Waals surface area contributed by atoms with Crippen LogP contribution in [0.25, 0.3) is 0 Å². The summed E-state index contributed by atoms with van der Waals surface area (Å²) in [6.07, 6.45) is 0.836. The van der Waals surface area contributed by atoms with E-state index >= 15 is 0 Å². The van der Waals surface area contributed by atoms with Gasteiger partial charge < -0.3 is 14.6 Å². The Kier molecular flexibility index (Phi) is 2.67. The summed E-state index contributed by atoms with van der Waals surface area (Å²) in [6.45, 7) is 5.87. The molecule has 2 aliphatic rings. The first kappa shape index (κ1) is 10.8. The molecule has 3 rings (SSSR count). The largest absolute Gasteiger partial charge is 0.456 e. The van der Waals surface area contributed by atoms with E-state index in [1.54, 1.807) is 6.07 Å². The quantitative estimate of drug-likeness (QED) is 0.834. The van der Waals surface area contributed by atoms with Gasteiger partial charge in [-0.15, -0.1) is 0 Å². The average Bonchev–Trinajstić information content (AvgIpc) is 3.02. The fourth-order valence-electron chi connectivity index (χ4n) is 2.86. The molecule has 92 valence electrons. The summed E-state index contributed by atoms with van der Waals surface area (Å²) < 4.78 is 5.52. The molecule has 2 unspecified atom stereocenters. The van der Waals surface area contributed by atoms with Gasteiger partial charge in [-0.25, -0.2) is 0 Å². The lowest BCUT2D eigenvalue weighted by atomic mass is 10.0. The maximum Gasteiger partial charge on any atom is 0.289 e. The van der Waals surface area contributed by atoms with Crippen molar-refractivity contribution in [1.82, 2.24) is 10.2 Å². The lowest BCUT2D eigenvalue weighted by Gasteiger charge is -2.15. The molecule has 4 heteroatoms. The highest BCUT2D eigenvalue weighted by Crippen LogP contribution is 2.27. The molecule has 0 saturated carbocycles. The molecule has 1 N–H and O–H groups in total. The molecule has 0 aliphatic carbocycles. The normalized spacial score (nSPS) is 27.5. The zero-order valence-corrected chi connectivity index (χ0v) is 10.1. The third-order valence-corrected chi connectivity index (χ3v) is 3.90. The number of hydrogen-bond acceptors (Lipinski definition) is 3. The fourth-order valence-corrected chi connectivity index (χ4v) is 2.86. The van der Waals surface area contributed by atoms with Crippen LogP contribution in [0.4, 0.5) is 0 Å². The molecule has 0 radical (unpaired) electrons. The van der Waals surface area contributed by atoms with E-state index in [2.05, 4.69) is 5.32 Å². The lowest BCUT2D eigenvalue weighted by molar-refractivity contribution is 0.0748. The van der Waals surface area contributed by atoms with E-state index in [1.807, 2.05) is 17.9 Å². The van der Waals surface area contributed by atoms with Crippen molar-refractivity contribution in [2.45, 2.75) is 13.3 Å². The minimum atomic E-state index is 0.0547. The number of carbonyl (C=O) groups excluding carboxylic acids is 1. The van der Waals surface area contributed by atoms with Crippen molar-refractivity contribution < 1.29 is 9.21 Å². The Morgan fingerprint density at radius 3 is 2.71 bits per heavy atom. The van der Waals surface area contributed by atoms with Gasteiger partial charge in [0, 0.05) is 32.6 Å². The van der Waals surface area contributed by atoms with Gasteiger partial charge in [-0.2, -0.15) is 0 Å². The molecular weight excluding hydrogens is 216 g/mol. The van der Waals surface area contributed by atoms with E-state index in [1.165, 1.54) is 0 Å². The van der Waals surface area contributed by atoms with Gasteiger partial charge in [0.05, 0.1) is 0 Å². The number of rotatable bonds is 2. The van der Waals surface area contributed by atoms with Crippen LogP contribution >= 0.6 is 0 Å². The van der Waals surface area contributed by atoms with E-state index in [-0.39, 0.29) is 5.91 Å². The van der Waals surface area contributed by atoms with Crippen molar-refractivity contribution >= 4 is 5.91 Å². The summed E-state index contributed by atoms with van der Waals surface area (Å²) in [5.41, 5.74) is 0. The molecule has 1 aromatic rings. The third kappa shape index (κ3) is 1.86. The van der Waals surface area contributed by atoms with Crippen LogP contribution in [0.3, 0.4) is 0 Å². The Balaban J connectivity index is 1.70. The van der Waals surface area contributed by atoms with Gasteiger partial charge >= 0.3 is 0 Å². The summed E-state index contributed by atoms with van der Waals surface area (Å²) in [6, 6.07) is 3.69. The van der Waals surface area contributed by atoms with Gasteiger partial charge in [-0.05, 0) is 24.0 Å². The van der Waals surface area contributed by atoms with Crippen LogP contribution < -0.4 is 5.32 Å². The SMILES string of the molecule is CCc1ccc(C(=O)N2CC3CNCC3C2)o1. The van der Waals surface area contributed by atoms with E-state index in [4.69, 9.17) is 4.42 Å². The summed E-state index contributed by atoms with van der Waals surface area (Å²) in [4.78, 5) is 14.2. The average molecular weight is 234 g/mol. The first-order valence-electron chi connectivity index (χ1n) is 6.36. The smallest absolute Gasteiger partial charge is 0.289 e. The van der Waals surface area contributed by atoms with Crippen molar-refractivity contribution in [2.24, 2.45) is 11.8 Å². The van der Waals surface area contributed by atoms with Gasteiger partial charge in [0.1, 0.15) is 5.76 Å². The minimum Gasteiger partial charge on any atom is -0.456 e. The molecule has 0 aromatic carbocycles. The summed E-state index contributed by atoms with van der Waals surface area (Å²) in [7, 11) is 0. The van der Waals surface area contributed by atoms with Crippen LogP contribution in [-0.2, 0) is 6.42 Å². The van der Waals surface area contributed by atoms with Crippen LogP contribution in [0.15, 0.2) is 16.5 Å². The maximum atomic E-state index is 12.2. The van der Waals surface area contributed by atoms with E-state index in [0.29, 0.717) is 17.6 Å². The summed E-state index contributed by atoms with van der Waals surface area (Å²) >= 11 is 0. The number of fused-ring (bicyclic) bond motifs is 1. The summed E-state index contributed by atoms with van der Waals surface area (Å²) in [5, 5.41) is 3.38. The molecule has 4 nitrogen and oxygen atoms in total. The number of aryl methyl sites for hydroxylation is 1. The molecule has 2 atom stereocenters. The maximum absolute atomic E-state index is 12.2. The molecule has 0 spiro atoms. The number of nitrogens with zero attached hydrogens (tertiary/aromatic N) is 1. The number of furan rings is 1. The number of hydrogen-bond donors (Lipinski definition) is 1. The molecule has 1 amide bonds. The highest BCUT2D eigenvalue weighted by atomic mass is 16.4. The van der Waals surface area contributed by atoms with Crippen molar-refractivity contribution in [3.63, 3.8) is 0 Å². The molecule has 17 heavy (non-hydrogen) atoms. The van der Waals surface area contributed by atoms with Crippen molar-refractivity contribution in [2.75, 3.05) is 26.2 Å². The van der Waals surface area contributed by atoms with Crippen LogP contribution in [0, 0.1) is 11.8 Å². The number of carbonyl (C=O) groups is 1. The zero-order valence-electron chi connectivity index (χ0n) is 10.1. The predicted octanol–water partition coefficient (Wildman–Crippen LogP) is 1.13. The van der Waals surface area contributed by atoms with E-state index < -0.39 is 0 Å². The van der Waals surface area contributed by atoms with Crippen LogP contribution in [-0.4, -0.2) is 37.0 Å². The Morgan fingerprint density at radius 2 is 2.12 bits per heavy atom. The Hall–Kier alpha value is -1.29. The lowest BCUT2D eigenvalue weighted by Crippen LogP contribution is -2.31. The molecule has 1 aromatic heterocycles. The fraction of sp³-hybridized carbons (Fsp3) is 0.615. The molecule has 3 heterocycles. The van der Waals surface area contributed by atoms with Crippen molar-refractivity contribution in [3.05, 3.63) is 23.7 Å². The molecular formula is C13H18N2O2. The van der Waals surface area contributed by atoms with Gasteiger partial charge in [0.2, 0.25) is 0 Å². The van der Waals surface area contributed by atoms with Crippen LogP contribution in [0.1, 0.15) is 23.2 Å². The topological polar surface area (TPSA) is 45.5 Å². The highest BCUT2D eigenvalue weighted by molar-refractivity contribution is 5.91. The van der Waals surface area contributed by atoms with Crippen LogP contribution in [0.2, 0.25) is 0 Å². The second-order valence-electron chi connectivity index (χ2n) is 5.01. The minimum absolute atomic E-state index is 0.0547. The monoisotopic (exact) mass is 234 g/mol. The van der Waals surface area contributed by atoms with E-state index in [0.717, 1.165) is 38.4 Å². The Bertz CT molecular complexity index is 415. The Morgan fingerprint density at radius 1 is 1.41 bits per heavy atom. The zero-order chi connectivity index (χ0) is 11.8. The number of amides is 1. The van der Waals surface area contributed by atoms with Gasteiger partial charge in [0.25, 0.3) is 5.91 Å². The number of nitrogens with one attached hydrogen (secondary N) is 1. The van der Waals surface area contributed by atoms with Crippen LogP contribution in [0.5, 0.6) is 0 Å². The predicted molar refractivity (Wildman–Crippen MR) is 63.8 cm³/mol. The molecule has 2 aliphatic heterocycles. The third-order valence-electron chi connectivity index (χ3n) is 3.90. The first-order valence-corrected chi connectivity index (χ1v) is 6.36. The van der Waals surface area contributed by atoms with Crippen molar-refractivity contribution in [3.8, 4) is 0 Å². The Labute approximate surface area is 101 Å². The van der Waals surface area contributed by atoms with E-state index in [9.17, 15) is 4.79 Å². The van der Waals surface area contributed by atoms with Gasteiger partial charge in [-0.3, -0.25) is 4.79 Å².